The summed E-state index contributed by atoms with van der Waals surface area (Å²) in [6.07, 6.45) is 1.14. The van der Waals surface area contributed by atoms with Crippen LogP contribution < -0.4 is 19.5 Å². The van der Waals surface area contributed by atoms with Gasteiger partial charge in [0.1, 0.15) is 18.5 Å². The number of nitrogens with zero attached hydrogens (tertiary/aromatic N) is 1. The molecule has 2 heterocycles. The Morgan fingerprint density at radius 3 is 2.76 bits per heavy atom. The van der Waals surface area contributed by atoms with Crippen molar-refractivity contribution in [1.29, 1.82) is 0 Å². The molecule has 0 saturated heterocycles. The number of carbonyl (C=O) groups is 1. The summed E-state index contributed by atoms with van der Waals surface area (Å²) in [7, 11) is 1.64. The normalized spacial score (nSPS) is 19.8. The third-order valence-corrected chi connectivity index (χ3v) is 4.92. The second-order valence-corrected chi connectivity index (χ2v) is 7.06. The van der Waals surface area contributed by atoms with Crippen LogP contribution in [0.2, 0.25) is 0 Å². The smallest absolute Gasteiger partial charge is 0.264 e. The quantitative estimate of drug-likeness (QED) is 0.779. The summed E-state index contributed by atoms with van der Waals surface area (Å²) in [4.78, 5) is 17.7. The van der Waals surface area contributed by atoms with Crippen LogP contribution in [0, 0.1) is 0 Å². The summed E-state index contributed by atoms with van der Waals surface area (Å²) in [6, 6.07) is 15.4. The van der Waals surface area contributed by atoms with Crippen molar-refractivity contribution in [1.82, 2.24) is 5.32 Å². The number of oxime groups is 1. The van der Waals surface area contributed by atoms with Gasteiger partial charge < -0.3 is 24.4 Å². The van der Waals surface area contributed by atoms with Gasteiger partial charge in [-0.3, -0.25) is 4.79 Å². The summed E-state index contributed by atoms with van der Waals surface area (Å²) in [6.45, 7) is 0.963. The van der Waals surface area contributed by atoms with Crippen LogP contribution >= 0.6 is 0 Å². The maximum Gasteiger partial charge on any atom is 0.264 e. The molecule has 0 radical (unpaired) electrons. The van der Waals surface area contributed by atoms with Crippen molar-refractivity contribution in [3.63, 3.8) is 0 Å². The van der Waals surface area contributed by atoms with E-state index in [1.54, 1.807) is 7.11 Å². The molecule has 2 aliphatic rings. The minimum atomic E-state index is -0.576. The molecule has 4 rings (SSSR count). The van der Waals surface area contributed by atoms with Gasteiger partial charge >= 0.3 is 0 Å². The second kappa shape index (κ2) is 8.86. The first-order valence-corrected chi connectivity index (χ1v) is 9.72. The van der Waals surface area contributed by atoms with Gasteiger partial charge in [-0.1, -0.05) is 29.4 Å². The minimum Gasteiger partial charge on any atom is -0.497 e. The Morgan fingerprint density at radius 1 is 1.17 bits per heavy atom. The lowest BCUT2D eigenvalue weighted by Gasteiger charge is -2.26. The maximum atomic E-state index is 12.4. The summed E-state index contributed by atoms with van der Waals surface area (Å²) >= 11 is 0. The van der Waals surface area contributed by atoms with Gasteiger partial charge in [0.2, 0.25) is 6.10 Å². The zero-order valence-corrected chi connectivity index (χ0v) is 16.3. The highest BCUT2D eigenvalue weighted by Crippen LogP contribution is 2.31. The van der Waals surface area contributed by atoms with Gasteiger partial charge in [0, 0.05) is 25.8 Å². The molecule has 2 aromatic carbocycles. The largest absolute Gasteiger partial charge is 0.497 e. The van der Waals surface area contributed by atoms with E-state index < -0.39 is 6.10 Å². The van der Waals surface area contributed by atoms with Crippen molar-refractivity contribution in [2.75, 3.05) is 20.3 Å². The standard InChI is InChI=1S/C22H24N2O5/c1-26-17-8-6-15(7-9-17)12-16-13-21(29-24-16)22(25)23-11-10-18-14-27-19-4-2-3-5-20(19)28-18/h2-9,18,21H,10-14H2,1H3,(H,23,25). The van der Waals surface area contributed by atoms with Crippen LogP contribution in [0.3, 0.4) is 0 Å². The predicted molar refractivity (Wildman–Crippen MR) is 108 cm³/mol. The highest BCUT2D eigenvalue weighted by Gasteiger charge is 2.28. The van der Waals surface area contributed by atoms with Gasteiger partial charge in [-0.05, 0) is 29.8 Å². The van der Waals surface area contributed by atoms with Gasteiger partial charge in [-0.2, -0.15) is 0 Å². The molecule has 0 bridgehead atoms. The number of para-hydroxylation sites is 2. The average molecular weight is 396 g/mol. The van der Waals surface area contributed by atoms with Crippen LogP contribution in [0.25, 0.3) is 0 Å². The number of amides is 1. The molecule has 7 heteroatoms. The molecule has 0 fully saturated rings. The van der Waals surface area contributed by atoms with Crippen molar-refractivity contribution in [2.24, 2.45) is 5.16 Å². The Balaban J connectivity index is 1.18. The van der Waals surface area contributed by atoms with Crippen molar-refractivity contribution in [3.8, 4) is 17.2 Å². The van der Waals surface area contributed by atoms with E-state index in [4.69, 9.17) is 19.0 Å². The van der Waals surface area contributed by atoms with Gasteiger partial charge in [-0.25, -0.2) is 0 Å². The van der Waals surface area contributed by atoms with E-state index >= 15 is 0 Å². The summed E-state index contributed by atoms with van der Waals surface area (Å²) in [5, 5.41) is 6.98. The second-order valence-electron chi connectivity index (χ2n) is 7.06. The van der Waals surface area contributed by atoms with E-state index in [0.29, 0.717) is 32.4 Å². The Morgan fingerprint density at radius 2 is 1.97 bits per heavy atom. The summed E-state index contributed by atoms with van der Waals surface area (Å²) < 4.78 is 16.8. The molecule has 2 atom stereocenters. The molecule has 7 nitrogen and oxygen atoms in total. The van der Waals surface area contributed by atoms with Crippen LogP contribution in [-0.2, 0) is 16.1 Å². The molecule has 2 aliphatic heterocycles. The van der Waals surface area contributed by atoms with Crippen LogP contribution in [0.15, 0.2) is 53.7 Å². The van der Waals surface area contributed by atoms with Gasteiger partial charge in [-0.15, -0.1) is 0 Å². The zero-order valence-electron chi connectivity index (χ0n) is 16.3. The van der Waals surface area contributed by atoms with Gasteiger partial charge in [0.05, 0.1) is 12.8 Å². The first kappa shape index (κ1) is 19.1. The van der Waals surface area contributed by atoms with E-state index in [1.807, 2.05) is 48.5 Å². The summed E-state index contributed by atoms with van der Waals surface area (Å²) in [5.74, 6) is 2.15. The SMILES string of the molecule is COc1ccc(CC2=NOC(C(=O)NCCC3COc4ccccc4O3)C2)cc1. The number of benzene rings is 2. The number of fused-ring (bicyclic) bond motifs is 1. The number of methoxy groups -OCH3 is 1. The Bertz CT molecular complexity index is 881. The van der Waals surface area contributed by atoms with Crippen LogP contribution in [0.5, 0.6) is 17.2 Å². The Kier molecular flexibility index (Phi) is 5.84. The fourth-order valence-electron chi connectivity index (χ4n) is 3.33. The summed E-state index contributed by atoms with van der Waals surface area (Å²) in [5.41, 5.74) is 1.96. The zero-order chi connectivity index (χ0) is 20.1. The highest BCUT2D eigenvalue weighted by atomic mass is 16.6. The van der Waals surface area contributed by atoms with E-state index in [9.17, 15) is 4.79 Å². The molecule has 0 saturated carbocycles. The first-order valence-electron chi connectivity index (χ1n) is 9.72. The highest BCUT2D eigenvalue weighted by molar-refractivity contribution is 5.93. The molecular formula is C22H24N2O5. The fourth-order valence-corrected chi connectivity index (χ4v) is 3.33. The minimum absolute atomic E-state index is 0.0865. The van der Waals surface area contributed by atoms with Crippen molar-refractivity contribution in [2.45, 2.75) is 31.5 Å². The number of hydrogen-bond acceptors (Lipinski definition) is 6. The van der Waals surface area contributed by atoms with Crippen molar-refractivity contribution < 1.29 is 23.8 Å². The number of hydrogen-bond donors (Lipinski definition) is 1. The van der Waals surface area contributed by atoms with E-state index in [2.05, 4.69) is 10.5 Å². The molecule has 0 aliphatic carbocycles. The lowest BCUT2D eigenvalue weighted by molar-refractivity contribution is -0.131. The molecule has 1 amide bonds. The number of nitrogens with one attached hydrogen (secondary N) is 1. The lowest BCUT2D eigenvalue weighted by atomic mass is 10.0. The third-order valence-electron chi connectivity index (χ3n) is 4.92. The first-order chi connectivity index (χ1) is 14.2. The molecule has 29 heavy (non-hydrogen) atoms. The topological polar surface area (TPSA) is 78.4 Å². The number of ether oxygens (including phenoxy) is 3. The predicted octanol–water partition coefficient (Wildman–Crippen LogP) is 2.73. The van der Waals surface area contributed by atoms with Crippen molar-refractivity contribution in [3.05, 3.63) is 54.1 Å². The molecular weight excluding hydrogens is 372 g/mol. The monoisotopic (exact) mass is 396 g/mol. The molecule has 2 unspecified atom stereocenters. The van der Waals surface area contributed by atoms with E-state index in [1.165, 1.54) is 0 Å². The third kappa shape index (κ3) is 4.80. The molecule has 152 valence electrons. The molecule has 0 aromatic heterocycles. The Hall–Kier alpha value is -3.22. The van der Waals surface area contributed by atoms with Gasteiger partial charge in [0.15, 0.2) is 11.5 Å². The lowest BCUT2D eigenvalue weighted by Crippen LogP contribution is -2.38. The molecule has 1 N–H and O–H groups in total. The van der Waals surface area contributed by atoms with Gasteiger partial charge in [0.25, 0.3) is 5.91 Å². The van der Waals surface area contributed by atoms with Crippen LogP contribution in [0.4, 0.5) is 0 Å². The molecule has 0 spiro atoms. The fraction of sp³-hybridized carbons (Fsp3) is 0.364. The average Bonchev–Trinajstić information content (AvgIpc) is 3.23. The van der Waals surface area contributed by atoms with E-state index in [0.717, 1.165) is 28.5 Å². The number of carbonyl (C=O) groups excluding carboxylic acids is 1. The van der Waals surface area contributed by atoms with Crippen molar-refractivity contribution >= 4 is 11.6 Å². The van der Waals surface area contributed by atoms with Crippen LogP contribution in [0.1, 0.15) is 18.4 Å². The molecule has 2 aromatic rings. The maximum absolute atomic E-state index is 12.4. The number of rotatable bonds is 7. The Labute approximate surface area is 169 Å². The van der Waals surface area contributed by atoms with E-state index in [-0.39, 0.29) is 12.0 Å². The van der Waals surface area contributed by atoms with Crippen LogP contribution in [-0.4, -0.2) is 44.1 Å².